The van der Waals surface area contributed by atoms with Crippen LogP contribution in [0.3, 0.4) is 0 Å². The molecule has 0 saturated carbocycles. The number of hydrogen-bond acceptors (Lipinski definition) is 2. The molecule has 1 atom stereocenters. The van der Waals surface area contributed by atoms with Crippen molar-refractivity contribution in [3.8, 4) is 0 Å². The number of carboxylic acid groups (broad SMARTS) is 1. The molecule has 1 heterocycles. The summed E-state index contributed by atoms with van der Waals surface area (Å²) < 4.78 is 1.84. The second-order valence-electron chi connectivity index (χ2n) is 4.69. The molecule has 1 aromatic heterocycles. The molecule has 0 fully saturated rings. The quantitative estimate of drug-likeness (QED) is 0.857. The van der Waals surface area contributed by atoms with Gasteiger partial charge in [-0.2, -0.15) is 0 Å². The monoisotopic (exact) mass is 247 g/mol. The Kier molecular flexibility index (Phi) is 2.91. The zero-order valence-electron chi connectivity index (χ0n) is 11.0. The molecule has 0 amide bonds. The summed E-state index contributed by atoms with van der Waals surface area (Å²) in [5.41, 5.74) is 3.41. The molecule has 2 aromatic rings. The van der Waals surface area contributed by atoms with Crippen molar-refractivity contribution < 1.29 is 15.0 Å². The van der Waals surface area contributed by atoms with Gasteiger partial charge < -0.3 is 14.8 Å². The van der Waals surface area contributed by atoms with E-state index in [1.807, 2.05) is 24.6 Å². The summed E-state index contributed by atoms with van der Waals surface area (Å²) in [5.74, 6) is -0.934. The highest BCUT2D eigenvalue weighted by Crippen LogP contribution is 2.33. The molecule has 2 rings (SSSR count). The van der Waals surface area contributed by atoms with Gasteiger partial charge >= 0.3 is 5.97 Å². The third-order valence-corrected chi connectivity index (χ3v) is 3.54. The van der Waals surface area contributed by atoms with Crippen LogP contribution in [0.1, 0.15) is 40.2 Å². The average Bonchev–Trinajstić information content (AvgIpc) is 2.52. The van der Waals surface area contributed by atoms with Gasteiger partial charge in [-0.15, -0.1) is 0 Å². The molecule has 2 N–H and O–H groups in total. The number of fused-ring (bicyclic) bond motifs is 1. The lowest BCUT2D eigenvalue weighted by Crippen LogP contribution is -2.04. The summed E-state index contributed by atoms with van der Waals surface area (Å²) in [6, 6.07) is 3.67. The molecule has 0 aliphatic carbocycles. The SMILES string of the molecule is Cc1ccc2c(C(C)O)c(C)n(C)c2c1C(=O)O. The largest absolute Gasteiger partial charge is 0.478 e. The number of rotatable bonds is 2. The van der Waals surface area contributed by atoms with Crippen molar-refractivity contribution in [2.45, 2.75) is 26.9 Å². The Morgan fingerprint density at radius 1 is 1.33 bits per heavy atom. The van der Waals surface area contributed by atoms with Crippen molar-refractivity contribution in [2.24, 2.45) is 7.05 Å². The minimum Gasteiger partial charge on any atom is -0.478 e. The van der Waals surface area contributed by atoms with Crippen LogP contribution in [0.5, 0.6) is 0 Å². The number of aromatic nitrogens is 1. The second-order valence-corrected chi connectivity index (χ2v) is 4.69. The van der Waals surface area contributed by atoms with Gasteiger partial charge in [0.25, 0.3) is 0 Å². The van der Waals surface area contributed by atoms with E-state index in [4.69, 9.17) is 0 Å². The maximum Gasteiger partial charge on any atom is 0.338 e. The summed E-state index contributed by atoms with van der Waals surface area (Å²) in [7, 11) is 1.83. The highest BCUT2D eigenvalue weighted by Gasteiger charge is 2.21. The molecular formula is C14H17NO3. The van der Waals surface area contributed by atoms with Crippen molar-refractivity contribution in [3.05, 3.63) is 34.5 Å². The lowest BCUT2D eigenvalue weighted by atomic mass is 10.0. The molecule has 0 bridgehead atoms. The lowest BCUT2D eigenvalue weighted by Gasteiger charge is -2.06. The van der Waals surface area contributed by atoms with Gasteiger partial charge in [-0.3, -0.25) is 0 Å². The minimum absolute atomic E-state index is 0.310. The summed E-state index contributed by atoms with van der Waals surface area (Å²) in [6.45, 7) is 5.37. The topological polar surface area (TPSA) is 62.5 Å². The summed E-state index contributed by atoms with van der Waals surface area (Å²) >= 11 is 0. The van der Waals surface area contributed by atoms with E-state index < -0.39 is 12.1 Å². The predicted octanol–water partition coefficient (Wildman–Crippen LogP) is 2.55. The molecule has 0 radical (unpaired) electrons. The second kappa shape index (κ2) is 4.14. The van der Waals surface area contributed by atoms with Crippen LogP contribution in [-0.2, 0) is 7.05 Å². The van der Waals surface area contributed by atoms with Gasteiger partial charge in [0, 0.05) is 23.7 Å². The number of aliphatic hydroxyl groups excluding tert-OH is 1. The number of hydrogen-bond donors (Lipinski definition) is 2. The number of aromatic carboxylic acids is 1. The Labute approximate surface area is 105 Å². The van der Waals surface area contributed by atoms with Gasteiger partial charge in [-0.25, -0.2) is 4.79 Å². The first-order valence-corrected chi connectivity index (χ1v) is 5.86. The number of benzene rings is 1. The van der Waals surface area contributed by atoms with E-state index in [0.29, 0.717) is 11.1 Å². The van der Waals surface area contributed by atoms with Crippen molar-refractivity contribution in [2.75, 3.05) is 0 Å². The fourth-order valence-corrected chi connectivity index (χ4v) is 2.60. The standard InChI is InChI=1S/C14H17NO3/c1-7-5-6-10-12(9(3)16)8(2)15(4)13(10)11(7)14(17)18/h5-6,9,16H,1-4H3,(H,17,18). The zero-order valence-corrected chi connectivity index (χ0v) is 11.0. The van der Waals surface area contributed by atoms with Gasteiger partial charge in [0.15, 0.2) is 0 Å². The molecular weight excluding hydrogens is 230 g/mol. The maximum atomic E-state index is 11.4. The lowest BCUT2D eigenvalue weighted by molar-refractivity contribution is 0.0698. The van der Waals surface area contributed by atoms with Gasteiger partial charge in [0.1, 0.15) is 0 Å². The van der Waals surface area contributed by atoms with Crippen LogP contribution in [0, 0.1) is 13.8 Å². The van der Waals surface area contributed by atoms with E-state index in [9.17, 15) is 15.0 Å². The first-order chi connectivity index (χ1) is 8.36. The van der Waals surface area contributed by atoms with E-state index >= 15 is 0 Å². The molecule has 96 valence electrons. The Balaban J connectivity index is 3.00. The zero-order chi connectivity index (χ0) is 13.6. The molecule has 1 aromatic carbocycles. The van der Waals surface area contributed by atoms with E-state index in [1.54, 1.807) is 19.9 Å². The fourth-order valence-electron chi connectivity index (χ4n) is 2.60. The number of carbonyl (C=O) groups is 1. The number of aliphatic hydroxyl groups is 1. The third-order valence-electron chi connectivity index (χ3n) is 3.54. The first-order valence-electron chi connectivity index (χ1n) is 5.86. The Hall–Kier alpha value is -1.81. The van der Waals surface area contributed by atoms with Crippen molar-refractivity contribution in [3.63, 3.8) is 0 Å². The van der Waals surface area contributed by atoms with E-state index in [0.717, 1.165) is 22.2 Å². The molecule has 18 heavy (non-hydrogen) atoms. The van der Waals surface area contributed by atoms with Gasteiger partial charge in [0.05, 0.1) is 17.2 Å². The van der Waals surface area contributed by atoms with Crippen LogP contribution in [0.4, 0.5) is 0 Å². The molecule has 0 saturated heterocycles. The van der Waals surface area contributed by atoms with Crippen LogP contribution in [0.25, 0.3) is 10.9 Å². The summed E-state index contributed by atoms with van der Waals surface area (Å²) in [4.78, 5) is 11.4. The molecule has 0 aliphatic heterocycles. The molecule has 4 nitrogen and oxygen atoms in total. The van der Waals surface area contributed by atoms with E-state index in [-0.39, 0.29) is 0 Å². The van der Waals surface area contributed by atoms with Gasteiger partial charge in [-0.1, -0.05) is 12.1 Å². The Morgan fingerprint density at radius 3 is 2.44 bits per heavy atom. The normalized spacial score (nSPS) is 12.9. The molecule has 0 aliphatic rings. The van der Waals surface area contributed by atoms with Crippen LogP contribution in [0.2, 0.25) is 0 Å². The number of aryl methyl sites for hydroxylation is 2. The van der Waals surface area contributed by atoms with Gasteiger partial charge in [-0.05, 0) is 26.3 Å². The van der Waals surface area contributed by atoms with Crippen molar-refractivity contribution >= 4 is 16.9 Å². The summed E-state index contributed by atoms with van der Waals surface area (Å²) in [5, 5.41) is 20.0. The number of nitrogens with zero attached hydrogens (tertiary/aromatic N) is 1. The molecule has 1 unspecified atom stereocenters. The number of carboxylic acids is 1. The Bertz CT molecular complexity index is 638. The summed E-state index contributed by atoms with van der Waals surface area (Å²) in [6.07, 6.45) is -0.613. The van der Waals surface area contributed by atoms with Crippen LogP contribution >= 0.6 is 0 Å². The van der Waals surface area contributed by atoms with Crippen molar-refractivity contribution in [1.29, 1.82) is 0 Å². The van der Waals surface area contributed by atoms with Crippen LogP contribution in [-0.4, -0.2) is 20.7 Å². The maximum absolute atomic E-state index is 11.4. The highest BCUT2D eigenvalue weighted by molar-refractivity contribution is 6.05. The fraction of sp³-hybridized carbons (Fsp3) is 0.357. The van der Waals surface area contributed by atoms with Crippen LogP contribution < -0.4 is 0 Å². The minimum atomic E-state index is -0.934. The first kappa shape index (κ1) is 12.6. The highest BCUT2D eigenvalue weighted by atomic mass is 16.4. The Morgan fingerprint density at radius 2 is 1.94 bits per heavy atom. The van der Waals surface area contributed by atoms with E-state index in [2.05, 4.69) is 0 Å². The van der Waals surface area contributed by atoms with Crippen molar-refractivity contribution in [1.82, 2.24) is 4.57 Å². The van der Waals surface area contributed by atoms with Crippen LogP contribution in [0.15, 0.2) is 12.1 Å². The van der Waals surface area contributed by atoms with E-state index in [1.165, 1.54) is 0 Å². The van der Waals surface area contributed by atoms with Gasteiger partial charge in [0.2, 0.25) is 0 Å². The average molecular weight is 247 g/mol. The smallest absolute Gasteiger partial charge is 0.338 e. The molecule has 4 heteroatoms. The molecule has 0 spiro atoms. The predicted molar refractivity (Wildman–Crippen MR) is 70.0 cm³/mol. The third kappa shape index (κ3) is 1.61.